The Kier molecular flexibility index (Phi) is 7.49. The van der Waals surface area contributed by atoms with E-state index < -0.39 is 5.41 Å². The molecule has 4 heteroatoms. The first-order valence-corrected chi connectivity index (χ1v) is 21.1. The fourth-order valence-electron chi connectivity index (χ4n) is 10.4. The standard InChI is InChI=1S/C58H35N3O/c1-2-17-36(18-3-1)38-19-4-7-26-47(38)56-59-55(60-57(61-56)48-28-16-27-46-45-25-11-15-32-53(45)62-54(46)48)37-33-34-44-43-24-10-14-31-51(43)58(52(44)35-37)49-29-12-8-22-41(49)39-20-5-6-21-40(39)42-23-9-13-30-50(42)58/h1-35H. The van der Waals surface area contributed by atoms with Gasteiger partial charge in [0.15, 0.2) is 17.5 Å². The Labute approximate surface area is 358 Å². The lowest BCUT2D eigenvalue weighted by Gasteiger charge is -2.35. The van der Waals surface area contributed by atoms with Crippen LogP contribution in [0.2, 0.25) is 0 Å². The second-order valence-electron chi connectivity index (χ2n) is 16.2. The van der Waals surface area contributed by atoms with Gasteiger partial charge >= 0.3 is 0 Å². The Morgan fingerprint density at radius 3 is 1.44 bits per heavy atom. The van der Waals surface area contributed by atoms with E-state index in [1.807, 2.05) is 24.3 Å². The summed E-state index contributed by atoms with van der Waals surface area (Å²) >= 11 is 0. The van der Waals surface area contributed by atoms with E-state index in [0.717, 1.165) is 49.8 Å². The summed E-state index contributed by atoms with van der Waals surface area (Å²) in [5.74, 6) is 1.74. The molecule has 13 rings (SSSR count). The maximum Gasteiger partial charge on any atom is 0.167 e. The number of aromatic nitrogens is 3. The molecule has 62 heavy (non-hydrogen) atoms. The van der Waals surface area contributed by atoms with E-state index in [0.29, 0.717) is 17.5 Å². The minimum Gasteiger partial charge on any atom is -0.455 e. The smallest absolute Gasteiger partial charge is 0.167 e. The highest BCUT2D eigenvalue weighted by Gasteiger charge is 2.49. The fraction of sp³-hybridized carbons (Fsp3) is 0.0172. The van der Waals surface area contributed by atoms with Gasteiger partial charge in [-0.25, -0.2) is 15.0 Å². The van der Waals surface area contributed by atoms with E-state index >= 15 is 0 Å². The van der Waals surface area contributed by atoms with Crippen molar-refractivity contribution >= 4 is 21.9 Å². The van der Waals surface area contributed by atoms with Crippen molar-refractivity contribution in [3.05, 3.63) is 235 Å². The van der Waals surface area contributed by atoms with E-state index in [1.54, 1.807) is 0 Å². The molecule has 0 radical (unpaired) electrons. The highest BCUT2D eigenvalue weighted by atomic mass is 16.3. The first-order valence-electron chi connectivity index (χ1n) is 21.1. The zero-order valence-electron chi connectivity index (χ0n) is 33.5. The molecule has 0 unspecified atom stereocenters. The van der Waals surface area contributed by atoms with Crippen LogP contribution in [0.25, 0.3) is 101 Å². The van der Waals surface area contributed by atoms with E-state index in [9.17, 15) is 0 Å². The summed E-state index contributed by atoms with van der Waals surface area (Å²) in [6.45, 7) is 0. The lowest BCUT2D eigenvalue weighted by atomic mass is 9.66. The number of benzene rings is 9. The summed E-state index contributed by atoms with van der Waals surface area (Å²) in [6.07, 6.45) is 0. The van der Waals surface area contributed by atoms with Crippen LogP contribution in [0.1, 0.15) is 22.3 Å². The van der Waals surface area contributed by atoms with Crippen LogP contribution in [0.5, 0.6) is 0 Å². The van der Waals surface area contributed by atoms with Crippen molar-refractivity contribution in [2.24, 2.45) is 0 Å². The summed E-state index contributed by atoms with van der Waals surface area (Å²) in [6, 6.07) is 75.8. The van der Waals surface area contributed by atoms with Crippen LogP contribution in [0.3, 0.4) is 0 Å². The molecule has 1 spiro atoms. The van der Waals surface area contributed by atoms with Gasteiger partial charge in [0.1, 0.15) is 11.2 Å². The summed E-state index contributed by atoms with van der Waals surface area (Å²) in [5, 5.41) is 2.08. The first kappa shape index (κ1) is 34.6. The number of furan rings is 1. The SMILES string of the molecule is c1ccc(-c2ccccc2-c2nc(-c3ccc4c(c3)C3(c5ccccc5-c5ccccc5-c5ccccc53)c3ccccc3-4)nc(-c3cccc4c3oc3ccccc34)n2)cc1. The third-order valence-electron chi connectivity index (χ3n) is 13.0. The van der Waals surface area contributed by atoms with E-state index in [2.05, 4.69) is 188 Å². The van der Waals surface area contributed by atoms with Crippen LogP contribution in [0.4, 0.5) is 0 Å². The van der Waals surface area contributed by atoms with Crippen molar-refractivity contribution < 1.29 is 4.42 Å². The molecule has 0 saturated carbocycles. The number of hydrogen-bond donors (Lipinski definition) is 0. The third kappa shape index (κ3) is 4.92. The molecule has 0 fully saturated rings. The Morgan fingerprint density at radius 1 is 0.290 bits per heavy atom. The fourth-order valence-corrected chi connectivity index (χ4v) is 10.4. The van der Waals surface area contributed by atoms with Gasteiger partial charge in [-0.3, -0.25) is 0 Å². The second-order valence-corrected chi connectivity index (χ2v) is 16.2. The lowest BCUT2D eigenvalue weighted by molar-refractivity contribution is 0.669. The normalized spacial score (nSPS) is 13.0. The molecule has 4 nitrogen and oxygen atoms in total. The van der Waals surface area contributed by atoms with Gasteiger partial charge in [-0.05, 0) is 85.0 Å². The predicted octanol–water partition coefficient (Wildman–Crippen LogP) is 14.4. The molecule has 0 aliphatic heterocycles. The van der Waals surface area contributed by atoms with Crippen LogP contribution in [-0.4, -0.2) is 15.0 Å². The minimum atomic E-state index is -0.632. The van der Waals surface area contributed by atoms with Gasteiger partial charge in [-0.15, -0.1) is 0 Å². The van der Waals surface area contributed by atoms with Gasteiger partial charge in [-0.2, -0.15) is 0 Å². The highest BCUT2D eigenvalue weighted by molar-refractivity contribution is 6.09. The Morgan fingerprint density at radius 2 is 0.758 bits per heavy atom. The highest BCUT2D eigenvalue weighted by Crippen LogP contribution is 2.61. The molecule has 2 heterocycles. The average molecular weight is 790 g/mol. The molecule has 11 aromatic rings. The van der Waals surface area contributed by atoms with Crippen molar-refractivity contribution in [2.45, 2.75) is 5.41 Å². The van der Waals surface area contributed by atoms with Crippen LogP contribution in [-0.2, 0) is 5.41 Å². The molecule has 2 aliphatic carbocycles. The molecular weight excluding hydrogens is 755 g/mol. The van der Waals surface area contributed by atoms with Crippen LogP contribution < -0.4 is 0 Å². The number of hydrogen-bond acceptors (Lipinski definition) is 4. The molecule has 2 aromatic heterocycles. The second kappa shape index (κ2) is 13.4. The quantitative estimate of drug-likeness (QED) is 0.178. The zero-order chi connectivity index (χ0) is 40.8. The zero-order valence-corrected chi connectivity index (χ0v) is 33.5. The Bertz CT molecular complexity index is 3540. The number of rotatable bonds is 4. The van der Waals surface area contributed by atoms with Crippen molar-refractivity contribution in [1.29, 1.82) is 0 Å². The molecule has 0 N–H and O–H groups in total. The number of para-hydroxylation sites is 2. The maximum absolute atomic E-state index is 6.60. The molecule has 0 bridgehead atoms. The van der Waals surface area contributed by atoms with Crippen LogP contribution in [0, 0.1) is 0 Å². The molecule has 9 aromatic carbocycles. The number of nitrogens with zero attached hydrogens (tertiary/aromatic N) is 3. The predicted molar refractivity (Wildman–Crippen MR) is 251 cm³/mol. The van der Waals surface area contributed by atoms with Gasteiger partial charge in [0, 0.05) is 21.9 Å². The summed E-state index contributed by atoms with van der Waals surface area (Å²) in [5.41, 5.74) is 18.1. The number of fused-ring (bicyclic) bond motifs is 15. The van der Waals surface area contributed by atoms with Crippen LogP contribution in [0.15, 0.2) is 217 Å². The van der Waals surface area contributed by atoms with Crippen molar-refractivity contribution in [1.82, 2.24) is 15.0 Å². The maximum atomic E-state index is 6.60. The molecule has 0 atom stereocenters. The van der Waals surface area contributed by atoms with Crippen molar-refractivity contribution in [3.8, 4) is 78.7 Å². The molecule has 288 valence electrons. The lowest BCUT2D eigenvalue weighted by Crippen LogP contribution is -2.29. The van der Waals surface area contributed by atoms with Gasteiger partial charge in [-0.1, -0.05) is 194 Å². The van der Waals surface area contributed by atoms with Gasteiger partial charge < -0.3 is 4.42 Å². The summed E-state index contributed by atoms with van der Waals surface area (Å²) in [7, 11) is 0. The Hall–Kier alpha value is -8.21. The third-order valence-corrected chi connectivity index (χ3v) is 13.0. The van der Waals surface area contributed by atoms with Gasteiger partial charge in [0.25, 0.3) is 0 Å². The average Bonchev–Trinajstić information content (AvgIpc) is 3.84. The van der Waals surface area contributed by atoms with Gasteiger partial charge in [0.05, 0.1) is 11.0 Å². The summed E-state index contributed by atoms with van der Waals surface area (Å²) < 4.78 is 6.60. The van der Waals surface area contributed by atoms with Crippen molar-refractivity contribution in [2.75, 3.05) is 0 Å². The first-order chi connectivity index (χ1) is 30.8. The van der Waals surface area contributed by atoms with E-state index in [1.165, 1.54) is 55.6 Å². The van der Waals surface area contributed by atoms with E-state index in [-0.39, 0.29) is 0 Å². The van der Waals surface area contributed by atoms with Gasteiger partial charge in [0.2, 0.25) is 0 Å². The largest absolute Gasteiger partial charge is 0.455 e. The Balaban J connectivity index is 1.10. The van der Waals surface area contributed by atoms with E-state index in [4.69, 9.17) is 19.4 Å². The van der Waals surface area contributed by atoms with Crippen molar-refractivity contribution in [3.63, 3.8) is 0 Å². The molecule has 2 aliphatic rings. The van der Waals surface area contributed by atoms with Crippen LogP contribution >= 0.6 is 0 Å². The molecule has 0 amide bonds. The topological polar surface area (TPSA) is 51.8 Å². The molecule has 0 saturated heterocycles. The monoisotopic (exact) mass is 789 g/mol. The minimum absolute atomic E-state index is 0.552. The molecular formula is C58H35N3O. The summed E-state index contributed by atoms with van der Waals surface area (Å²) in [4.78, 5) is 16.1.